The molecule has 0 unspecified atom stereocenters. The van der Waals surface area contributed by atoms with Crippen LogP contribution in [0.2, 0.25) is 0 Å². The lowest BCUT2D eigenvalue weighted by Crippen LogP contribution is -2.58. The molecule has 1 aliphatic rings. The van der Waals surface area contributed by atoms with E-state index >= 15 is 0 Å². The number of esters is 1. The second-order valence-electron chi connectivity index (χ2n) is 6.94. The van der Waals surface area contributed by atoms with E-state index < -0.39 is 10.8 Å². The number of carbonyl (C=O) groups is 2. The van der Waals surface area contributed by atoms with Gasteiger partial charge in [0.2, 0.25) is 0 Å². The molecule has 0 aromatic carbocycles. The number of ketones is 1. The van der Waals surface area contributed by atoms with Crippen LogP contribution in [-0.2, 0) is 14.3 Å². The predicted molar refractivity (Wildman–Crippen MR) is 75.8 cm³/mol. The lowest BCUT2D eigenvalue weighted by molar-refractivity contribution is -0.182. The Morgan fingerprint density at radius 2 is 1.53 bits per heavy atom. The van der Waals surface area contributed by atoms with Gasteiger partial charge >= 0.3 is 5.97 Å². The van der Waals surface area contributed by atoms with Crippen LogP contribution in [0.4, 0.5) is 0 Å². The summed E-state index contributed by atoms with van der Waals surface area (Å²) in [6.07, 6.45) is 3.34. The van der Waals surface area contributed by atoms with E-state index in [2.05, 4.69) is 13.8 Å². The predicted octanol–water partition coefficient (Wildman–Crippen LogP) is 3.75. The van der Waals surface area contributed by atoms with Gasteiger partial charge in [-0.1, -0.05) is 47.5 Å². The molecule has 1 fully saturated rings. The SMILES string of the molecule is CCOC(=O)C1(C(=O)C(C)(C)C)CC(CC)(CC)C1. The topological polar surface area (TPSA) is 43.4 Å². The molecule has 19 heavy (non-hydrogen) atoms. The van der Waals surface area contributed by atoms with Crippen LogP contribution in [0.1, 0.15) is 67.2 Å². The second-order valence-corrected chi connectivity index (χ2v) is 6.94. The van der Waals surface area contributed by atoms with E-state index in [1.165, 1.54) is 0 Å². The van der Waals surface area contributed by atoms with Crippen molar-refractivity contribution >= 4 is 11.8 Å². The molecule has 110 valence electrons. The molecule has 0 spiro atoms. The van der Waals surface area contributed by atoms with Gasteiger partial charge in [-0.25, -0.2) is 0 Å². The van der Waals surface area contributed by atoms with Gasteiger partial charge in [0.05, 0.1) is 6.61 Å². The fraction of sp³-hybridized carbons (Fsp3) is 0.875. The highest BCUT2D eigenvalue weighted by atomic mass is 16.5. The van der Waals surface area contributed by atoms with Crippen LogP contribution in [0.15, 0.2) is 0 Å². The molecule has 1 aliphatic carbocycles. The van der Waals surface area contributed by atoms with Crippen molar-refractivity contribution in [2.45, 2.75) is 67.2 Å². The lowest BCUT2D eigenvalue weighted by Gasteiger charge is -2.54. The Labute approximate surface area is 117 Å². The van der Waals surface area contributed by atoms with Crippen LogP contribution in [0.3, 0.4) is 0 Å². The first-order chi connectivity index (χ1) is 8.67. The zero-order valence-corrected chi connectivity index (χ0v) is 13.3. The molecule has 0 aliphatic heterocycles. The van der Waals surface area contributed by atoms with Gasteiger partial charge in [0.15, 0.2) is 5.78 Å². The van der Waals surface area contributed by atoms with Gasteiger partial charge in [-0.2, -0.15) is 0 Å². The number of Topliss-reactive ketones (excluding diaryl/α,β-unsaturated/α-hetero) is 1. The average molecular weight is 268 g/mol. The van der Waals surface area contributed by atoms with Gasteiger partial charge < -0.3 is 4.74 Å². The summed E-state index contributed by atoms with van der Waals surface area (Å²) in [7, 11) is 0. The van der Waals surface area contributed by atoms with Gasteiger partial charge in [0.25, 0.3) is 0 Å². The third-order valence-corrected chi connectivity index (χ3v) is 4.64. The quantitative estimate of drug-likeness (QED) is 0.563. The van der Waals surface area contributed by atoms with E-state index in [4.69, 9.17) is 4.74 Å². The first-order valence-corrected chi connectivity index (χ1v) is 7.39. The van der Waals surface area contributed by atoms with Gasteiger partial charge in [0, 0.05) is 5.41 Å². The first kappa shape index (κ1) is 16.2. The van der Waals surface area contributed by atoms with E-state index in [0.717, 1.165) is 12.8 Å². The summed E-state index contributed by atoms with van der Waals surface area (Å²) in [4.78, 5) is 25.0. The van der Waals surface area contributed by atoms with Crippen LogP contribution in [0.5, 0.6) is 0 Å². The fourth-order valence-corrected chi connectivity index (χ4v) is 3.36. The third-order valence-electron chi connectivity index (χ3n) is 4.64. The van der Waals surface area contributed by atoms with Crippen LogP contribution in [0, 0.1) is 16.2 Å². The highest BCUT2D eigenvalue weighted by Crippen LogP contribution is 2.60. The summed E-state index contributed by atoms with van der Waals surface area (Å²) in [6.45, 7) is 12.1. The van der Waals surface area contributed by atoms with Crippen molar-refractivity contribution < 1.29 is 14.3 Å². The summed E-state index contributed by atoms with van der Waals surface area (Å²) in [5.41, 5.74) is -1.24. The minimum Gasteiger partial charge on any atom is -0.465 e. The number of hydrogen-bond donors (Lipinski definition) is 0. The van der Waals surface area contributed by atoms with Crippen molar-refractivity contribution in [3.05, 3.63) is 0 Å². The van der Waals surface area contributed by atoms with Crippen LogP contribution in [0.25, 0.3) is 0 Å². The van der Waals surface area contributed by atoms with Crippen LogP contribution >= 0.6 is 0 Å². The highest BCUT2D eigenvalue weighted by molar-refractivity contribution is 6.07. The van der Waals surface area contributed by atoms with E-state index in [9.17, 15) is 9.59 Å². The molecule has 0 amide bonds. The standard InChI is InChI=1S/C16H28O3/c1-7-15(8-2)10-16(11-15,13(18)19-9-3)12(17)14(4,5)6/h7-11H2,1-6H3. The Bertz CT molecular complexity index is 351. The van der Waals surface area contributed by atoms with E-state index in [1.807, 2.05) is 20.8 Å². The van der Waals surface area contributed by atoms with Crippen LogP contribution < -0.4 is 0 Å². The maximum absolute atomic E-state index is 12.7. The summed E-state index contributed by atoms with van der Waals surface area (Å²) in [5.74, 6) is -0.275. The normalized spacial score (nSPS) is 20.5. The number of rotatable bonds is 5. The van der Waals surface area contributed by atoms with Gasteiger partial charge in [-0.3, -0.25) is 9.59 Å². The molecular weight excluding hydrogens is 240 g/mol. The molecular formula is C16H28O3. The third kappa shape index (κ3) is 2.70. The molecule has 0 aromatic heterocycles. The summed E-state index contributed by atoms with van der Waals surface area (Å²) < 4.78 is 5.19. The Balaban J connectivity index is 3.04. The Hall–Kier alpha value is -0.860. The monoisotopic (exact) mass is 268 g/mol. The van der Waals surface area contributed by atoms with Crippen molar-refractivity contribution in [1.29, 1.82) is 0 Å². The zero-order valence-electron chi connectivity index (χ0n) is 13.3. The van der Waals surface area contributed by atoms with Crippen molar-refractivity contribution in [3.8, 4) is 0 Å². The Morgan fingerprint density at radius 1 is 1.05 bits per heavy atom. The molecule has 3 heteroatoms. The van der Waals surface area contributed by atoms with E-state index in [1.54, 1.807) is 6.92 Å². The van der Waals surface area contributed by atoms with Crippen LogP contribution in [-0.4, -0.2) is 18.4 Å². The molecule has 0 atom stereocenters. The van der Waals surface area contributed by atoms with Crippen molar-refractivity contribution in [1.82, 2.24) is 0 Å². The zero-order chi connectivity index (χ0) is 14.9. The molecule has 1 saturated carbocycles. The van der Waals surface area contributed by atoms with Gasteiger partial charge in [-0.15, -0.1) is 0 Å². The molecule has 0 saturated heterocycles. The number of ether oxygens (including phenoxy) is 1. The molecule has 0 bridgehead atoms. The van der Waals surface area contributed by atoms with Crippen molar-refractivity contribution in [2.75, 3.05) is 6.61 Å². The van der Waals surface area contributed by atoms with Crippen molar-refractivity contribution in [3.63, 3.8) is 0 Å². The average Bonchev–Trinajstić information content (AvgIpc) is 2.28. The van der Waals surface area contributed by atoms with E-state index in [-0.39, 0.29) is 17.2 Å². The first-order valence-electron chi connectivity index (χ1n) is 7.39. The Kier molecular flexibility index (Phi) is 4.48. The second kappa shape index (κ2) is 5.26. The molecule has 0 N–H and O–H groups in total. The van der Waals surface area contributed by atoms with E-state index in [0.29, 0.717) is 19.4 Å². The lowest BCUT2D eigenvalue weighted by atomic mass is 9.47. The molecule has 3 nitrogen and oxygen atoms in total. The highest BCUT2D eigenvalue weighted by Gasteiger charge is 2.63. The smallest absolute Gasteiger partial charge is 0.319 e. The maximum atomic E-state index is 12.7. The number of hydrogen-bond acceptors (Lipinski definition) is 3. The van der Waals surface area contributed by atoms with Gasteiger partial charge in [0.1, 0.15) is 5.41 Å². The van der Waals surface area contributed by atoms with Gasteiger partial charge in [-0.05, 0) is 25.2 Å². The molecule has 0 radical (unpaired) electrons. The largest absolute Gasteiger partial charge is 0.465 e. The summed E-state index contributed by atoms with van der Waals surface area (Å²) >= 11 is 0. The summed E-state index contributed by atoms with van der Waals surface area (Å²) in [5, 5.41) is 0. The molecule has 1 rings (SSSR count). The molecule has 0 heterocycles. The Morgan fingerprint density at radius 3 is 1.84 bits per heavy atom. The molecule has 0 aromatic rings. The minimum atomic E-state index is -0.889. The summed E-state index contributed by atoms with van der Waals surface area (Å²) in [6, 6.07) is 0. The van der Waals surface area contributed by atoms with Crippen molar-refractivity contribution in [2.24, 2.45) is 16.2 Å². The minimum absolute atomic E-state index is 0.0379. The number of carbonyl (C=O) groups excluding carboxylic acids is 2. The fourth-order valence-electron chi connectivity index (χ4n) is 3.36. The maximum Gasteiger partial charge on any atom is 0.319 e.